The van der Waals surface area contributed by atoms with Gasteiger partial charge in [0.2, 0.25) is 0 Å². The van der Waals surface area contributed by atoms with Gasteiger partial charge in [-0.05, 0) is 36.7 Å². The van der Waals surface area contributed by atoms with Gasteiger partial charge in [-0.3, -0.25) is 0 Å². The van der Waals surface area contributed by atoms with E-state index in [2.05, 4.69) is 65.8 Å². The molecule has 0 bridgehead atoms. The van der Waals surface area contributed by atoms with E-state index >= 15 is 0 Å². The van der Waals surface area contributed by atoms with E-state index in [1.54, 1.807) is 0 Å². The Morgan fingerprint density at radius 2 is 1.54 bits per heavy atom. The van der Waals surface area contributed by atoms with Crippen molar-refractivity contribution in [3.8, 4) is 0 Å². The Morgan fingerprint density at radius 1 is 1.00 bits per heavy atom. The van der Waals surface area contributed by atoms with Gasteiger partial charge in [0.15, 0.2) is 0 Å². The van der Waals surface area contributed by atoms with Gasteiger partial charge in [0, 0.05) is 24.5 Å². The van der Waals surface area contributed by atoms with Gasteiger partial charge in [-0.1, -0.05) is 36.4 Å². The Balaban J connectivity index is 0.000000301. The van der Waals surface area contributed by atoms with Crippen molar-refractivity contribution in [3.63, 3.8) is 0 Å². The molecule has 126 valence electrons. The molecule has 0 spiro atoms. The Labute approximate surface area is 140 Å². The molecule has 3 rings (SSSR count). The molecule has 0 fully saturated rings. The van der Waals surface area contributed by atoms with E-state index < -0.39 is 11.9 Å². The lowest BCUT2D eigenvalue weighted by atomic mass is 9.99. The first kappa shape index (κ1) is 17.5. The topological polar surface area (TPSA) is 89.9 Å². The maximum absolute atomic E-state index is 9.10. The fraction of sp³-hybridized carbons (Fsp3) is 0.222. The van der Waals surface area contributed by atoms with Crippen molar-refractivity contribution in [1.82, 2.24) is 5.32 Å². The van der Waals surface area contributed by atoms with Crippen LogP contribution in [0.25, 0.3) is 0 Å². The third-order valence-electron chi connectivity index (χ3n) is 3.98. The second-order valence-corrected chi connectivity index (χ2v) is 5.40. The molecular formula is C18H20N2O4. The number of carboxylic acid groups (broad SMARTS) is 2. The third kappa shape index (κ3) is 3.72. The van der Waals surface area contributed by atoms with Gasteiger partial charge in [0.1, 0.15) is 0 Å². The fourth-order valence-electron chi connectivity index (χ4n) is 2.82. The van der Waals surface area contributed by atoms with Gasteiger partial charge in [-0.25, -0.2) is 9.59 Å². The standard InChI is InChI=1S/C16H18N2.C2H2O4/c1-17-14-11-12-7-3-5-9-15(12)18(2)16-10-6-4-8-13(14)16;3-1(4)2(5)6/h3-10,14,17H,11H2,1-2H3;(H,3,4)(H,5,6). The van der Waals surface area contributed by atoms with Crippen LogP contribution in [0.4, 0.5) is 11.4 Å². The van der Waals surface area contributed by atoms with Crippen molar-refractivity contribution in [2.24, 2.45) is 0 Å². The average molecular weight is 328 g/mol. The number of likely N-dealkylation sites (N-methyl/N-ethyl adjacent to an activating group) is 1. The molecule has 1 atom stereocenters. The first-order valence-electron chi connectivity index (χ1n) is 7.49. The number of rotatable bonds is 1. The second-order valence-electron chi connectivity index (χ2n) is 5.40. The van der Waals surface area contributed by atoms with Gasteiger partial charge in [-0.2, -0.15) is 0 Å². The summed E-state index contributed by atoms with van der Waals surface area (Å²) < 4.78 is 0. The molecule has 1 aliphatic heterocycles. The number of para-hydroxylation sites is 2. The van der Waals surface area contributed by atoms with Crippen LogP contribution in [0, 0.1) is 0 Å². The lowest BCUT2D eigenvalue weighted by Crippen LogP contribution is -2.18. The summed E-state index contributed by atoms with van der Waals surface area (Å²) in [7, 11) is 4.19. The number of aliphatic carboxylic acids is 2. The van der Waals surface area contributed by atoms with Gasteiger partial charge in [0.25, 0.3) is 0 Å². The number of fused-ring (bicyclic) bond motifs is 2. The summed E-state index contributed by atoms with van der Waals surface area (Å²) in [4.78, 5) is 20.5. The predicted octanol–water partition coefficient (Wildman–Crippen LogP) is 2.43. The fourth-order valence-corrected chi connectivity index (χ4v) is 2.82. The number of hydrogen-bond acceptors (Lipinski definition) is 4. The second kappa shape index (κ2) is 7.61. The van der Waals surface area contributed by atoms with E-state index in [4.69, 9.17) is 19.8 Å². The predicted molar refractivity (Wildman–Crippen MR) is 91.7 cm³/mol. The highest BCUT2D eigenvalue weighted by molar-refractivity contribution is 6.27. The number of anilines is 2. The highest BCUT2D eigenvalue weighted by Gasteiger charge is 2.23. The van der Waals surface area contributed by atoms with Crippen LogP contribution in [0.15, 0.2) is 48.5 Å². The van der Waals surface area contributed by atoms with E-state index in [0.29, 0.717) is 6.04 Å². The molecule has 1 unspecified atom stereocenters. The largest absolute Gasteiger partial charge is 0.473 e. The van der Waals surface area contributed by atoms with Crippen LogP contribution in [0.3, 0.4) is 0 Å². The Bertz CT molecular complexity index is 733. The normalized spacial score (nSPS) is 15.2. The number of nitrogens with zero attached hydrogens (tertiary/aromatic N) is 1. The van der Waals surface area contributed by atoms with Crippen molar-refractivity contribution in [2.75, 3.05) is 19.0 Å². The molecule has 6 heteroatoms. The minimum Gasteiger partial charge on any atom is -0.473 e. The zero-order chi connectivity index (χ0) is 17.7. The first-order chi connectivity index (χ1) is 11.5. The smallest absolute Gasteiger partial charge is 0.414 e. The third-order valence-corrected chi connectivity index (χ3v) is 3.98. The quantitative estimate of drug-likeness (QED) is 0.697. The summed E-state index contributed by atoms with van der Waals surface area (Å²) in [5.41, 5.74) is 5.37. The van der Waals surface area contributed by atoms with Gasteiger partial charge in [0.05, 0.1) is 0 Å². The molecule has 0 saturated heterocycles. The SMILES string of the molecule is CNC1Cc2ccccc2N(C)c2ccccc21.O=C(O)C(=O)O. The van der Waals surface area contributed by atoms with Crippen LogP contribution < -0.4 is 10.2 Å². The molecule has 24 heavy (non-hydrogen) atoms. The molecule has 2 aromatic carbocycles. The summed E-state index contributed by atoms with van der Waals surface area (Å²) in [6, 6.07) is 17.7. The minimum atomic E-state index is -1.82. The van der Waals surface area contributed by atoms with Gasteiger partial charge >= 0.3 is 11.9 Å². The molecule has 1 heterocycles. The van der Waals surface area contributed by atoms with E-state index in [9.17, 15) is 0 Å². The lowest BCUT2D eigenvalue weighted by Gasteiger charge is -2.22. The van der Waals surface area contributed by atoms with Crippen LogP contribution in [0.1, 0.15) is 17.2 Å². The molecule has 0 amide bonds. The van der Waals surface area contributed by atoms with E-state index in [0.717, 1.165) is 6.42 Å². The van der Waals surface area contributed by atoms with E-state index in [1.807, 2.05) is 7.05 Å². The minimum absolute atomic E-state index is 0.382. The van der Waals surface area contributed by atoms with Crippen LogP contribution in [0.2, 0.25) is 0 Å². The summed E-state index contributed by atoms with van der Waals surface area (Å²) in [6.45, 7) is 0. The molecule has 0 saturated carbocycles. The molecule has 6 nitrogen and oxygen atoms in total. The molecule has 3 N–H and O–H groups in total. The average Bonchev–Trinajstić information content (AvgIpc) is 2.71. The zero-order valence-corrected chi connectivity index (χ0v) is 13.6. The molecule has 0 radical (unpaired) electrons. The molecule has 0 aromatic heterocycles. The highest BCUT2D eigenvalue weighted by Crippen LogP contribution is 2.38. The number of nitrogens with one attached hydrogen (secondary N) is 1. The van der Waals surface area contributed by atoms with Crippen molar-refractivity contribution in [3.05, 3.63) is 59.7 Å². The van der Waals surface area contributed by atoms with Crippen LogP contribution >= 0.6 is 0 Å². The van der Waals surface area contributed by atoms with E-state index in [-0.39, 0.29) is 0 Å². The summed E-state index contributed by atoms with van der Waals surface area (Å²) in [5.74, 6) is -3.65. The number of benzene rings is 2. The van der Waals surface area contributed by atoms with Gasteiger partial charge in [-0.15, -0.1) is 0 Å². The Kier molecular flexibility index (Phi) is 5.55. The maximum atomic E-state index is 9.10. The maximum Gasteiger partial charge on any atom is 0.414 e. The first-order valence-corrected chi connectivity index (χ1v) is 7.49. The summed E-state index contributed by atoms with van der Waals surface area (Å²) in [5, 5.41) is 18.2. The molecule has 1 aliphatic rings. The Hall–Kier alpha value is -2.86. The van der Waals surface area contributed by atoms with Crippen LogP contribution in [-0.2, 0) is 16.0 Å². The zero-order valence-electron chi connectivity index (χ0n) is 13.6. The van der Waals surface area contributed by atoms with E-state index in [1.165, 1.54) is 22.5 Å². The van der Waals surface area contributed by atoms with Crippen molar-refractivity contribution < 1.29 is 19.8 Å². The number of hydrogen-bond donors (Lipinski definition) is 3. The van der Waals surface area contributed by atoms with Crippen molar-refractivity contribution in [1.29, 1.82) is 0 Å². The molecule has 2 aromatic rings. The molecule has 0 aliphatic carbocycles. The van der Waals surface area contributed by atoms with Gasteiger partial charge < -0.3 is 20.4 Å². The lowest BCUT2D eigenvalue weighted by molar-refractivity contribution is -0.159. The van der Waals surface area contributed by atoms with Crippen molar-refractivity contribution in [2.45, 2.75) is 12.5 Å². The monoisotopic (exact) mass is 328 g/mol. The summed E-state index contributed by atoms with van der Waals surface area (Å²) >= 11 is 0. The van der Waals surface area contributed by atoms with Crippen LogP contribution in [-0.4, -0.2) is 36.2 Å². The highest BCUT2D eigenvalue weighted by atomic mass is 16.4. The summed E-state index contributed by atoms with van der Waals surface area (Å²) in [6.07, 6.45) is 1.04. The number of carbonyl (C=O) groups is 2. The Morgan fingerprint density at radius 3 is 2.12 bits per heavy atom. The molecular weight excluding hydrogens is 308 g/mol. The number of carboxylic acids is 2. The van der Waals surface area contributed by atoms with Crippen molar-refractivity contribution >= 4 is 23.3 Å². The van der Waals surface area contributed by atoms with Crippen LogP contribution in [0.5, 0.6) is 0 Å².